The average Bonchev–Trinajstić information content (AvgIpc) is 3.50. The molecule has 0 bridgehead atoms. The smallest absolute Gasteiger partial charge is 0.237 e. The average molecular weight is 498 g/mol. The first kappa shape index (κ1) is 28.0. The summed E-state index contributed by atoms with van der Waals surface area (Å²) >= 11 is 0. The first-order valence-corrected chi connectivity index (χ1v) is 12.2. The van der Waals surface area contributed by atoms with Crippen LogP contribution < -0.4 is 15.5 Å². The summed E-state index contributed by atoms with van der Waals surface area (Å²) < 4.78 is 0. The summed E-state index contributed by atoms with van der Waals surface area (Å²) in [6, 6.07) is 7.74. The summed E-state index contributed by atoms with van der Waals surface area (Å²) in [6.45, 7) is 6.59. The molecule has 5 nitrogen and oxygen atoms in total. The van der Waals surface area contributed by atoms with Gasteiger partial charge in [-0.15, -0.1) is 24.8 Å². The van der Waals surface area contributed by atoms with Gasteiger partial charge in [0.15, 0.2) is 0 Å². The van der Waals surface area contributed by atoms with Crippen molar-refractivity contribution in [2.45, 2.75) is 76.5 Å². The number of halogens is 2. The van der Waals surface area contributed by atoms with Gasteiger partial charge >= 0.3 is 0 Å². The topological polar surface area (TPSA) is 47.6 Å². The second kappa shape index (κ2) is 12.4. The van der Waals surface area contributed by atoms with E-state index in [-0.39, 0.29) is 42.8 Å². The third-order valence-corrected chi connectivity index (χ3v) is 7.40. The molecular formula is C26H42Cl2N4O. The molecule has 2 N–H and O–H groups in total. The number of nitrogens with one attached hydrogen (secondary N) is 2. The molecule has 0 aromatic heterocycles. The second-order valence-corrected chi connectivity index (χ2v) is 10.1. The molecule has 0 unspecified atom stereocenters. The number of nitrogens with zero attached hydrogens (tertiary/aromatic N) is 2. The molecule has 1 aromatic rings. The van der Waals surface area contributed by atoms with Gasteiger partial charge in [0.1, 0.15) is 0 Å². The number of hydrogen-bond donors (Lipinski definition) is 2. The Morgan fingerprint density at radius 3 is 2.45 bits per heavy atom. The van der Waals surface area contributed by atoms with Crippen molar-refractivity contribution in [2.75, 3.05) is 32.1 Å². The van der Waals surface area contributed by atoms with Gasteiger partial charge in [-0.2, -0.15) is 0 Å². The maximum atomic E-state index is 12.8. The maximum absolute atomic E-state index is 12.8. The van der Waals surface area contributed by atoms with Crippen molar-refractivity contribution in [1.29, 1.82) is 0 Å². The Hall–Kier alpha value is -1.27. The number of allylic oxidation sites excluding steroid dienone is 1. The van der Waals surface area contributed by atoms with E-state index < -0.39 is 0 Å². The van der Waals surface area contributed by atoms with Crippen LogP contribution in [-0.2, 0) is 4.79 Å². The Morgan fingerprint density at radius 1 is 1.15 bits per heavy atom. The largest absolute Gasteiger partial charge is 0.371 e. The number of likely N-dealkylation sites (tertiary alicyclic amines) is 1. The van der Waals surface area contributed by atoms with Gasteiger partial charge in [0.05, 0.1) is 12.1 Å². The molecule has 4 rings (SSSR count). The number of anilines is 1. The molecule has 2 aliphatic heterocycles. The summed E-state index contributed by atoms with van der Waals surface area (Å²) in [7, 11) is 4.45. The summed E-state index contributed by atoms with van der Waals surface area (Å²) in [4.78, 5) is 17.6. The van der Waals surface area contributed by atoms with Gasteiger partial charge in [-0.25, -0.2) is 0 Å². The molecule has 3 aliphatic rings. The molecule has 2 heterocycles. The number of carbonyl (C=O) groups excluding carboxylic acids is 1. The quantitative estimate of drug-likeness (QED) is 0.568. The van der Waals surface area contributed by atoms with Crippen LogP contribution in [0, 0.1) is 5.92 Å². The lowest BCUT2D eigenvalue weighted by atomic mass is 9.97. The summed E-state index contributed by atoms with van der Waals surface area (Å²) in [5.41, 5.74) is 3.72. The van der Waals surface area contributed by atoms with Crippen LogP contribution in [0.15, 0.2) is 24.3 Å². The number of rotatable bonds is 7. The fourth-order valence-corrected chi connectivity index (χ4v) is 4.97. The van der Waals surface area contributed by atoms with Gasteiger partial charge in [-0.1, -0.05) is 18.2 Å². The number of amides is 1. The van der Waals surface area contributed by atoms with E-state index >= 15 is 0 Å². The predicted octanol–water partition coefficient (Wildman–Crippen LogP) is 4.80. The molecular weight excluding hydrogens is 455 g/mol. The molecule has 2 saturated heterocycles. The standard InChI is InChI=1S/C26H40N4O.2ClH/c1-18-5-12-25(27-18)26(31)28-19(2)24-11-10-23(17-21(24)9-8-20-6-7-20)30(4)22-13-15-29(3)16-14-22;;/h8-11,17-20,22,25,27H,5-7,12-16H2,1-4H3,(H,28,31);2*1H/b9-8+;;/t18-,19-,25-;;/m0../s1. The fourth-order valence-electron chi connectivity index (χ4n) is 4.97. The number of hydrogen-bond acceptors (Lipinski definition) is 4. The van der Waals surface area contributed by atoms with E-state index in [2.05, 4.69) is 78.7 Å². The Bertz CT molecular complexity index is 805. The van der Waals surface area contributed by atoms with E-state index in [0.717, 1.165) is 18.8 Å². The lowest BCUT2D eigenvalue weighted by molar-refractivity contribution is -0.123. The highest BCUT2D eigenvalue weighted by molar-refractivity contribution is 5.85. The van der Waals surface area contributed by atoms with Crippen molar-refractivity contribution in [3.8, 4) is 0 Å². The SMILES string of the molecule is C[C@H](NC(=O)[C@@H]1CC[C@H](C)N1)c1ccc(N(C)C2CCN(C)CC2)cc1/C=C/C1CC1.Cl.Cl. The van der Waals surface area contributed by atoms with Gasteiger partial charge < -0.3 is 20.4 Å². The van der Waals surface area contributed by atoms with Crippen molar-refractivity contribution in [2.24, 2.45) is 5.92 Å². The van der Waals surface area contributed by atoms with Gasteiger partial charge in [-0.3, -0.25) is 4.79 Å². The van der Waals surface area contributed by atoms with Crippen molar-refractivity contribution in [3.63, 3.8) is 0 Å². The molecule has 33 heavy (non-hydrogen) atoms. The van der Waals surface area contributed by atoms with E-state index in [9.17, 15) is 4.79 Å². The highest BCUT2D eigenvalue weighted by Crippen LogP contribution is 2.33. The minimum absolute atomic E-state index is 0. The number of piperidine rings is 1. The van der Waals surface area contributed by atoms with E-state index in [4.69, 9.17) is 0 Å². The number of benzene rings is 1. The monoisotopic (exact) mass is 496 g/mol. The van der Waals surface area contributed by atoms with E-state index in [0.29, 0.717) is 12.1 Å². The Morgan fingerprint density at radius 2 is 1.85 bits per heavy atom. The zero-order valence-electron chi connectivity index (χ0n) is 20.5. The second-order valence-electron chi connectivity index (χ2n) is 10.1. The molecule has 3 atom stereocenters. The summed E-state index contributed by atoms with van der Waals surface area (Å²) in [5.74, 6) is 0.860. The van der Waals surface area contributed by atoms with Crippen molar-refractivity contribution < 1.29 is 4.79 Å². The van der Waals surface area contributed by atoms with Crippen LogP contribution >= 0.6 is 24.8 Å². The van der Waals surface area contributed by atoms with Crippen LogP contribution in [0.1, 0.15) is 69.5 Å². The number of carbonyl (C=O) groups is 1. The zero-order valence-corrected chi connectivity index (χ0v) is 22.2. The third-order valence-electron chi connectivity index (χ3n) is 7.40. The zero-order chi connectivity index (χ0) is 22.0. The lowest BCUT2D eigenvalue weighted by Gasteiger charge is -2.36. The van der Waals surface area contributed by atoms with Crippen LogP contribution in [0.25, 0.3) is 6.08 Å². The molecule has 7 heteroatoms. The Kier molecular flexibility index (Phi) is 10.5. The molecule has 1 aliphatic carbocycles. The van der Waals surface area contributed by atoms with Crippen LogP contribution in [0.3, 0.4) is 0 Å². The normalized spacial score (nSPS) is 24.7. The lowest BCUT2D eigenvalue weighted by Crippen LogP contribution is -2.43. The van der Waals surface area contributed by atoms with Crippen LogP contribution in [0.4, 0.5) is 5.69 Å². The molecule has 1 saturated carbocycles. The summed E-state index contributed by atoms with van der Waals surface area (Å²) in [6.07, 6.45) is 11.7. The van der Waals surface area contributed by atoms with Crippen LogP contribution in [0.2, 0.25) is 0 Å². The third kappa shape index (κ3) is 7.35. The Balaban J connectivity index is 0.00000193. The van der Waals surface area contributed by atoms with E-state index in [1.165, 1.54) is 55.6 Å². The molecule has 0 spiro atoms. The van der Waals surface area contributed by atoms with E-state index in [1.54, 1.807) is 0 Å². The van der Waals surface area contributed by atoms with Crippen molar-refractivity contribution in [1.82, 2.24) is 15.5 Å². The summed E-state index contributed by atoms with van der Waals surface area (Å²) in [5, 5.41) is 6.67. The molecule has 1 amide bonds. The molecule has 186 valence electrons. The fraction of sp³-hybridized carbons (Fsp3) is 0.654. The first-order valence-electron chi connectivity index (χ1n) is 12.2. The van der Waals surface area contributed by atoms with E-state index in [1.807, 2.05) is 0 Å². The van der Waals surface area contributed by atoms with Crippen LogP contribution in [-0.4, -0.2) is 56.1 Å². The van der Waals surface area contributed by atoms with Gasteiger partial charge in [0.2, 0.25) is 5.91 Å². The van der Waals surface area contributed by atoms with Crippen LogP contribution in [0.5, 0.6) is 0 Å². The molecule has 0 radical (unpaired) electrons. The predicted molar refractivity (Wildman–Crippen MR) is 144 cm³/mol. The Labute approximate surface area is 212 Å². The van der Waals surface area contributed by atoms with Gasteiger partial charge in [0, 0.05) is 24.8 Å². The minimum Gasteiger partial charge on any atom is -0.371 e. The van der Waals surface area contributed by atoms with Gasteiger partial charge in [-0.05, 0) is 102 Å². The van der Waals surface area contributed by atoms with Crippen molar-refractivity contribution >= 4 is 42.5 Å². The van der Waals surface area contributed by atoms with Gasteiger partial charge in [0.25, 0.3) is 0 Å². The molecule has 1 aromatic carbocycles. The first-order chi connectivity index (χ1) is 14.9. The highest BCUT2D eigenvalue weighted by atomic mass is 35.5. The molecule has 3 fully saturated rings. The minimum atomic E-state index is -0.0576. The highest BCUT2D eigenvalue weighted by Gasteiger charge is 2.28. The maximum Gasteiger partial charge on any atom is 0.237 e. The van der Waals surface area contributed by atoms with Crippen molar-refractivity contribution in [3.05, 3.63) is 35.4 Å².